The summed E-state index contributed by atoms with van der Waals surface area (Å²) in [7, 11) is 0. The molecular formula is C12H14BrN3. The predicted octanol–water partition coefficient (Wildman–Crippen LogP) is 2.75. The van der Waals surface area contributed by atoms with Gasteiger partial charge in [0.15, 0.2) is 5.65 Å². The minimum absolute atomic E-state index is 0.585. The van der Waals surface area contributed by atoms with E-state index in [4.69, 9.17) is 0 Å². The van der Waals surface area contributed by atoms with E-state index in [1.807, 2.05) is 4.52 Å². The molecule has 0 saturated heterocycles. The van der Waals surface area contributed by atoms with E-state index in [2.05, 4.69) is 45.1 Å². The van der Waals surface area contributed by atoms with Crippen LogP contribution in [0.15, 0.2) is 18.5 Å². The summed E-state index contributed by atoms with van der Waals surface area (Å²) in [6.07, 6.45) is 5.38. The van der Waals surface area contributed by atoms with Crippen LogP contribution in [0.4, 0.5) is 0 Å². The van der Waals surface area contributed by atoms with Crippen molar-refractivity contribution in [3.8, 4) is 0 Å². The first-order valence-corrected chi connectivity index (χ1v) is 6.59. The van der Waals surface area contributed by atoms with Crippen LogP contribution in [-0.2, 0) is 6.42 Å². The van der Waals surface area contributed by atoms with Gasteiger partial charge in [0.05, 0.1) is 0 Å². The summed E-state index contributed by atoms with van der Waals surface area (Å²) in [5.74, 6) is 0.860. The van der Waals surface area contributed by atoms with E-state index in [1.54, 1.807) is 6.33 Å². The summed E-state index contributed by atoms with van der Waals surface area (Å²) < 4.78 is 1.95. The SMILES string of the molecule is Cc1cc(CC(Br)C2CC2)n2ncnc2c1. The second-order valence-corrected chi connectivity index (χ2v) is 5.79. The third-order valence-corrected chi connectivity index (χ3v) is 4.21. The maximum Gasteiger partial charge on any atom is 0.155 e. The Balaban J connectivity index is 1.97. The summed E-state index contributed by atoms with van der Waals surface area (Å²) in [6, 6.07) is 4.27. The zero-order valence-corrected chi connectivity index (χ0v) is 10.8. The summed E-state index contributed by atoms with van der Waals surface area (Å²) in [6.45, 7) is 2.11. The molecule has 2 aromatic rings. The number of rotatable bonds is 3. The number of hydrogen-bond acceptors (Lipinski definition) is 2. The molecule has 0 bridgehead atoms. The Bertz CT molecular complexity index is 516. The van der Waals surface area contributed by atoms with Crippen LogP contribution in [0.25, 0.3) is 5.65 Å². The first-order valence-electron chi connectivity index (χ1n) is 5.67. The molecule has 1 fully saturated rings. The second kappa shape index (κ2) is 3.84. The van der Waals surface area contributed by atoms with Gasteiger partial charge >= 0.3 is 0 Å². The van der Waals surface area contributed by atoms with Crippen LogP contribution in [0.1, 0.15) is 24.1 Å². The van der Waals surface area contributed by atoms with Gasteiger partial charge in [0.25, 0.3) is 0 Å². The molecule has 1 aliphatic carbocycles. The number of pyridine rings is 1. The lowest BCUT2D eigenvalue weighted by Crippen LogP contribution is -2.09. The zero-order valence-electron chi connectivity index (χ0n) is 9.23. The average Bonchev–Trinajstić information content (AvgIpc) is 2.98. The Kier molecular flexibility index (Phi) is 2.46. The Morgan fingerprint density at radius 3 is 3.06 bits per heavy atom. The highest BCUT2D eigenvalue weighted by molar-refractivity contribution is 9.09. The highest BCUT2D eigenvalue weighted by atomic mass is 79.9. The van der Waals surface area contributed by atoms with Crippen LogP contribution < -0.4 is 0 Å². The number of aryl methyl sites for hydroxylation is 1. The minimum atomic E-state index is 0.585. The van der Waals surface area contributed by atoms with Gasteiger partial charge in [-0.3, -0.25) is 0 Å². The molecule has 3 nitrogen and oxygen atoms in total. The van der Waals surface area contributed by atoms with E-state index in [1.165, 1.54) is 24.1 Å². The van der Waals surface area contributed by atoms with Gasteiger partial charge < -0.3 is 0 Å². The highest BCUT2D eigenvalue weighted by Gasteiger charge is 2.29. The van der Waals surface area contributed by atoms with Gasteiger partial charge in [-0.1, -0.05) is 15.9 Å². The van der Waals surface area contributed by atoms with Crippen molar-refractivity contribution in [2.24, 2.45) is 5.92 Å². The van der Waals surface area contributed by atoms with Crippen LogP contribution in [0.3, 0.4) is 0 Å². The van der Waals surface area contributed by atoms with Crippen molar-refractivity contribution in [2.75, 3.05) is 0 Å². The van der Waals surface area contributed by atoms with Gasteiger partial charge in [0.2, 0.25) is 0 Å². The molecule has 0 radical (unpaired) electrons. The third-order valence-electron chi connectivity index (χ3n) is 3.13. The summed E-state index contributed by atoms with van der Waals surface area (Å²) >= 11 is 3.78. The van der Waals surface area contributed by atoms with E-state index < -0.39 is 0 Å². The lowest BCUT2D eigenvalue weighted by atomic mass is 10.1. The number of hydrogen-bond donors (Lipinski definition) is 0. The Labute approximate surface area is 103 Å². The molecule has 1 atom stereocenters. The molecule has 1 unspecified atom stereocenters. The molecule has 0 aliphatic heterocycles. The van der Waals surface area contributed by atoms with Crippen molar-refractivity contribution < 1.29 is 0 Å². The van der Waals surface area contributed by atoms with Gasteiger partial charge in [0.1, 0.15) is 6.33 Å². The first-order chi connectivity index (χ1) is 7.74. The Hall–Kier alpha value is -0.900. The maximum absolute atomic E-state index is 4.28. The normalized spacial score (nSPS) is 17.9. The lowest BCUT2D eigenvalue weighted by Gasteiger charge is -2.10. The molecule has 16 heavy (non-hydrogen) atoms. The molecule has 2 aromatic heterocycles. The number of halogens is 1. The van der Waals surface area contributed by atoms with Gasteiger partial charge in [-0.25, -0.2) is 9.50 Å². The highest BCUT2D eigenvalue weighted by Crippen LogP contribution is 2.38. The van der Waals surface area contributed by atoms with E-state index in [9.17, 15) is 0 Å². The summed E-state index contributed by atoms with van der Waals surface area (Å²) in [5, 5.41) is 4.28. The fraction of sp³-hybridized carbons (Fsp3) is 0.500. The molecule has 0 aromatic carbocycles. The Morgan fingerprint density at radius 1 is 1.50 bits per heavy atom. The quantitative estimate of drug-likeness (QED) is 0.809. The van der Waals surface area contributed by atoms with E-state index in [0.29, 0.717) is 4.83 Å². The molecule has 0 amide bonds. The molecule has 0 spiro atoms. The predicted molar refractivity (Wildman–Crippen MR) is 66.9 cm³/mol. The van der Waals surface area contributed by atoms with Crippen LogP contribution in [0.5, 0.6) is 0 Å². The minimum Gasteiger partial charge on any atom is -0.218 e. The van der Waals surface area contributed by atoms with E-state index >= 15 is 0 Å². The van der Waals surface area contributed by atoms with Crippen LogP contribution in [0.2, 0.25) is 0 Å². The van der Waals surface area contributed by atoms with Crippen molar-refractivity contribution >= 4 is 21.6 Å². The Morgan fingerprint density at radius 2 is 2.31 bits per heavy atom. The van der Waals surface area contributed by atoms with Crippen molar-refractivity contribution in [3.63, 3.8) is 0 Å². The van der Waals surface area contributed by atoms with Gasteiger partial charge in [-0.2, -0.15) is 5.10 Å². The molecule has 1 saturated carbocycles. The second-order valence-electron chi connectivity index (χ2n) is 4.61. The van der Waals surface area contributed by atoms with Crippen molar-refractivity contribution in [1.29, 1.82) is 0 Å². The molecule has 1 aliphatic rings. The smallest absolute Gasteiger partial charge is 0.155 e. The standard InChI is InChI=1S/C12H14BrN3/c1-8-4-10(6-11(13)9-2-3-9)16-12(5-8)14-7-15-16/h4-5,7,9,11H,2-3,6H2,1H3. The summed E-state index contributed by atoms with van der Waals surface area (Å²) in [4.78, 5) is 4.83. The van der Waals surface area contributed by atoms with Crippen molar-refractivity contribution in [2.45, 2.75) is 31.0 Å². The van der Waals surface area contributed by atoms with E-state index in [-0.39, 0.29) is 0 Å². The monoisotopic (exact) mass is 279 g/mol. The number of alkyl halides is 1. The molecule has 84 valence electrons. The number of fused-ring (bicyclic) bond motifs is 1. The van der Waals surface area contributed by atoms with Gasteiger partial charge in [-0.15, -0.1) is 0 Å². The van der Waals surface area contributed by atoms with Gasteiger partial charge in [-0.05, 0) is 43.4 Å². The van der Waals surface area contributed by atoms with Crippen molar-refractivity contribution in [1.82, 2.24) is 14.6 Å². The molecule has 2 heterocycles. The molecule has 0 N–H and O–H groups in total. The summed E-state index contributed by atoms with van der Waals surface area (Å²) in [5.41, 5.74) is 3.46. The topological polar surface area (TPSA) is 30.2 Å². The fourth-order valence-corrected chi connectivity index (χ4v) is 2.97. The number of nitrogens with zero attached hydrogens (tertiary/aromatic N) is 3. The first kappa shape index (κ1) is 10.3. The number of aromatic nitrogens is 3. The van der Waals surface area contributed by atoms with Crippen LogP contribution in [-0.4, -0.2) is 19.4 Å². The van der Waals surface area contributed by atoms with E-state index in [0.717, 1.165) is 18.0 Å². The molecular weight excluding hydrogens is 266 g/mol. The van der Waals surface area contributed by atoms with Crippen molar-refractivity contribution in [3.05, 3.63) is 29.7 Å². The largest absolute Gasteiger partial charge is 0.218 e. The molecule has 3 rings (SSSR count). The van der Waals surface area contributed by atoms with Gasteiger partial charge in [0, 0.05) is 16.9 Å². The third kappa shape index (κ3) is 1.86. The lowest BCUT2D eigenvalue weighted by molar-refractivity contribution is 0.721. The average molecular weight is 280 g/mol. The van der Waals surface area contributed by atoms with Crippen LogP contribution >= 0.6 is 15.9 Å². The fourth-order valence-electron chi connectivity index (χ4n) is 2.11. The van der Waals surface area contributed by atoms with Crippen LogP contribution in [0, 0.1) is 12.8 Å². The maximum atomic E-state index is 4.28. The zero-order chi connectivity index (χ0) is 11.1. The molecule has 4 heteroatoms.